The SMILES string of the molecule is COC(=O)c1cncc(NC(C(=O)O)c2cnn(C)c2)n1. The first-order chi connectivity index (χ1) is 10.0. The third kappa shape index (κ3) is 3.32. The van der Waals surface area contributed by atoms with Crippen LogP contribution in [0.3, 0.4) is 0 Å². The molecular weight excluding hydrogens is 278 g/mol. The Balaban J connectivity index is 2.25. The number of methoxy groups -OCH3 is 1. The number of carboxylic acids is 1. The van der Waals surface area contributed by atoms with Gasteiger partial charge in [-0.3, -0.25) is 9.67 Å². The Hall–Kier alpha value is -2.97. The van der Waals surface area contributed by atoms with E-state index in [0.29, 0.717) is 5.56 Å². The predicted molar refractivity (Wildman–Crippen MR) is 70.6 cm³/mol. The maximum Gasteiger partial charge on any atom is 0.358 e. The number of nitrogens with zero attached hydrogens (tertiary/aromatic N) is 4. The summed E-state index contributed by atoms with van der Waals surface area (Å²) in [4.78, 5) is 30.5. The van der Waals surface area contributed by atoms with Crippen LogP contribution in [0.15, 0.2) is 24.8 Å². The number of hydrogen-bond acceptors (Lipinski definition) is 7. The fraction of sp³-hybridized carbons (Fsp3) is 0.250. The number of hydrogen-bond donors (Lipinski definition) is 2. The van der Waals surface area contributed by atoms with E-state index in [1.54, 1.807) is 13.2 Å². The summed E-state index contributed by atoms with van der Waals surface area (Å²) in [5.74, 6) is -1.61. The Bertz CT molecular complexity index is 669. The zero-order chi connectivity index (χ0) is 15.4. The molecule has 0 aliphatic carbocycles. The van der Waals surface area contributed by atoms with E-state index in [1.807, 2.05) is 0 Å². The summed E-state index contributed by atoms with van der Waals surface area (Å²) >= 11 is 0. The van der Waals surface area contributed by atoms with Crippen molar-refractivity contribution >= 4 is 17.8 Å². The molecule has 2 aromatic rings. The second-order valence-electron chi connectivity index (χ2n) is 4.14. The van der Waals surface area contributed by atoms with Gasteiger partial charge in [-0.05, 0) is 0 Å². The molecule has 0 amide bonds. The minimum atomic E-state index is -1.10. The number of aryl methyl sites for hydroxylation is 1. The molecule has 1 unspecified atom stereocenters. The van der Waals surface area contributed by atoms with Crippen molar-refractivity contribution in [1.29, 1.82) is 0 Å². The zero-order valence-corrected chi connectivity index (χ0v) is 11.3. The minimum absolute atomic E-state index is 0.0159. The highest BCUT2D eigenvalue weighted by molar-refractivity contribution is 5.87. The molecule has 0 saturated carbocycles. The summed E-state index contributed by atoms with van der Waals surface area (Å²) in [6.45, 7) is 0. The Morgan fingerprint density at radius 1 is 1.38 bits per heavy atom. The highest BCUT2D eigenvalue weighted by Gasteiger charge is 2.22. The van der Waals surface area contributed by atoms with E-state index >= 15 is 0 Å². The third-order valence-corrected chi connectivity index (χ3v) is 2.63. The smallest absolute Gasteiger partial charge is 0.358 e. The molecule has 2 heterocycles. The molecule has 21 heavy (non-hydrogen) atoms. The second kappa shape index (κ2) is 5.99. The molecule has 0 aromatic carbocycles. The molecule has 0 aliphatic heterocycles. The molecule has 9 nitrogen and oxygen atoms in total. The Morgan fingerprint density at radius 3 is 2.71 bits per heavy atom. The first-order valence-corrected chi connectivity index (χ1v) is 5.89. The molecule has 9 heteroatoms. The van der Waals surface area contributed by atoms with Gasteiger partial charge in [0.15, 0.2) is 11.7 Å². The molecule has 2 aromatic heterocycles. The van der Waals surface area contributed by atoms with Gasteiger partial charge >= 0.3 is 11.9 Å². The van der Waals surface area contributed by atoms with Gasteiger partial charge in [0.2, 0.25) is 0 Å². The molecule has 0 aliphatic rings. The van der Waals surface area contributed by atoms with Gasteiger partial charge in [0.25, 0.3) is 0 Å². The lowest BCUT2D eigenvalue weighted by Gasteiger charge is -2.13. The van der Waals surface area contributed by atoms with Gasteiger partial charge in [-0.1, -0.05) is 0 Å². The fourth-order valence-electron chi connectivity index (χ4n) is 1.66. The third-order valence-electron chi connectivity index (χ3n) is 2.63. The zero-order valence-electron chi connectivity index (χ0n) is 11.3. The maximum absolute atomic E-state index is 11.4. The van der Waals surface area contributed by atoms with E-state index in [4.69, 9.17) is 0 Å². The van der Waals surface area contributed by atoms with Gasteiger partial charge < -0.3 is 15.2 Å². The van der Waals surface area contributed by atoms with Crippen molar-refractivity contribution < 1.29 is 19.4 Å². The number of carbonyl (C=O) groups excluding carboxylic acids is 1. The van der Waals surface area contributed by atoms with Gasteiger partial charge in [-0.2, -0.15) is 5.10 Å². The van der Waals surface area contributed by atoms with Crippen LogP contribution in [0, 0.1) is 0 Å². The molecule has 110 valence electrons. The van der Waals surface area contributed by atoms with Crippen molar-refractivity contribution in [2.75, 3.05) is 12.4 Å². The summed E-state index contributed by atoms with van der Waals surface area (Å²) in [5, 5.41) is 15.9. The monoisotopic (exact) mass is 291 g/mol. The van der Waals surface area contributed by atoms with Crippen molar-refractivity contribution in [3.63, 3.8) is 0 Å². The summed E-state index contributed by atoms with van der Waals surface area (Å²) in [7, 11) is 2.90. The normalized spacial score (nSPS) is 11.7. The van der Waals surface area contributed by atoms with Gasteiger partial charge in [0.05, 0.1) is 25.7 Å². The highest BCUT2D eigenvalue weighted by atomic mass is 16.5. The maximum atomic E-state index is 11.4. The van der Waals surface area contributed by atoms with Gasteiger partial charge in [-0.25, -0.2) is 14.6 Å². The second-order valence-corrected chi connectivity index (χ2v) is 4.14. The Morgan fingerprint density at radius 2 is 2.14 bits per heavy atom. The Kier molecular flexibility index (Phi) is 4.12. The van der Waals surface area contributed by atoms with E-state index in [9.17, 15) is 14.7 Å². The molecule has 0 radical (unpaired) electrons. The predicted octanol–water partition coefficient (Wildman–Crippen LogP) is 0.234. The van der Waals surface area contributed by atoms with Crippen LogP contribution in [0.1, 0.15) is 22.1 Å². The quantitative estimate of drug-likeness (QED) is 0.751. The van der Waals surface area contributed by atoms with Crippen LogP contribution in [0.25, 0.3) is 0 Å². The summed E-state index contributed by atoms with van der Waals surface area (Å²) in [6.07, 6.45) is 5.56. The largest absolute Gasteiger partial charge is 0.479 e. The molecular formula is C12H13N5O4. The molecule has 0 bridgehead atoms. The van der Waals surface area contributed by atoms with E-state index in [1.165, 1.54) is 30.4 Å². The Labute approximate surface area is 119 Å². The van der Waals surface area contributed by atoms with Gasteiger partial charge in [0, 0.05) is 18.8 Å². The number of esters is 1. The average Bonchev–Trinajstić information content (AvgIpc) is 2.90. The van der Waals surface area contributed by atoms with Crippen molar-refractivity contribution in [3.8, 4) is 0 Å². The average molecular weight is 291 g/mol. The first-order valence-electron chi connectivity index (χ1n) is 5.89. The summed E-state index contributed by atoms with van der Waals surface area (Å²) < 4.78 is 6.02. The first kappa shape index (κ1) is 14.4. The molecule has 0 saturated heterocycles. The van der Waals surface area contributed by atoms with Gasteiger partial charge in [-0.15, -0.1) is 0 Å². The number of nitrogens with one attached hydrogen (secondary N) is 1. The van der Waals surface area contributed by atoms with Crippen LogP contribution in [-0.4, -0.2) is 43.9 Å². The molecule has 2 N–H and O–H groups in total. The highest BCUT2D eigenvalue weighted by Crippen LogP contribution is 2.17. The number of anilines is 1. The minimum Gasteiger partial charge on any atom is -0.479 e. The summed E-state index contributed by atoms with van der Waals surface area (Å²) in [5.41, 5.74) is 0.438. The van der Waals surface area contributed by atoms with Crippen LogP contribution >= 0.6 is 0 Å². The lowest BCUT2D eigenvalue weighted by Crippen LogP contribution is -2.21. The van der Waals surface area contributed by atoms with E-state index in [-0.39, 0.29) is 11.5 Å². The van der Waals surface area contributed by atoms with Crippen LogP contribution in [0.5, 0.6) is 0 Å². The van der Waals surface area contributed by atoms with E-state index < -0.39 is 18.0 Å². The number of rotatable bonds is 5. The number of ether oxygens (including phenoxy) is 1. The molecule has 2 rings (SSSR count). The lowest BCUT2D eigenvalue weighted by molar-refractivity contribution is -0.138. The molecule has 0 spiro atoms. The number of carboxylic acid groups (broad SMARTS) is 1. The van der Waals surface area contributed by atoms with Gasteiger partial charge in [0.1, 0.15) is 5.82 Å². The van der Waals surface area contributed by atoms with Crippen molar-refractivity contribution in [2.45, 2.75) is 6.04 Å². The van der Waals surface area contributed by atoms with E-state index in [0.717, 1.165) is 0 Å². The van der Waals surface area contributed by atoms with Crippen LogP contribution < -0.4 is 5.32 Å². The fourth-order valence-corrected chi connectivity index (χ4v) is 1.66. The van der Waals surface area contributed by atoms with Crippen molar-refractivity contribution in [3.05, 3.63) is 36.0 Å². The van der Waals surface area contributed by atoms with Crippen LogP contribution in [0.4, 0.5) is 5.82 Å². The molecule has 1 atom stereocenters. The number of aromatic nitrogens is 4. The van der Waals surface area contributed by atoms with Crippen molar-refractivity contribution in [1.82, 2.24) is 19.7 Å². The molecule has 0 fully saturated rings. The number of carbonyl (C=O) groups is 2. The number of aliphatic carboxylic acids is 1. The lowest BCUT2D eigenvalue weighted by atomic mass is 10.1. The standard InChI is InChI=1S/C12H13N5O4/c1-17-6-7(3-14-17)10(11(18)19)16-9-5-13-4-8(15-9)12(20)21-2/h3-6,10H,1-2H3,(H,15,16)(H,18,19). The van der Waals surface area contributed by atoms with Crippen LogP contribution in [0.2, 0.25) is 0 Å². The topological polar surface area (TPSA) is 119 Å². The van der Waals surface area contributed by atoms with E-state index in [2.05, 4.69) is 25.1 Å². The summed E-state index contributed by atoms with van der Waals surface area (Å²) in [6, 6.07) is -1.05. The van der Waals surface area contributed by atoms with Crippen molar-refractivity contribution in [2.24, 2.45) is 7.05 Å². The van der Waals surface area contributed by atoms with Crippen LogP contribution in [-0.2, 0) is 16.6 Å².